The van der Waals surface area contributed by atoms with Crippen molar-refractivity contribution in [3.8, 4) is 0 Å². The lowest BCUT2D eigenvalue weighted by atomic mass is 10.0. The zero-order valence-electron chi connectivity index (χ0n) is 18.0. The number of carbonyl (C=O) groups is 6. The predicted octanol–water partition coefficient (Wildman–Crippen LogP) is -0.671. The lowest BCUT2D eigenvalue weighted by Gasteiger charge is -2.29. The van der Waals surface area contributed by atoms with Gasteiger partial charge >= 0.3 is 5.97 Å². The minimum Gasteiger partial charge on any atom is -0.478 e. The van der Waals surface area contributed by atoms with Gasteiger partial charge in [0.25, 0.3) is 0 Å². The number of ketones is 1. The third kappa shape index (κ3) is 11.6. The number of carbonyl (C=O) groups excluding carboxylic acids is 5. The number of carboxylic acid groups (broad SMARTS) is 1. The number of nitrogens with one attached hydrogen (secondary N) is 4. The van der Waals surface area contributed by atoms with Gasteiger partial charge in [0.15, 0.2) is 5.78 Å². The Morgan fingerprint density at radius 3 is 1.62 bits per heavy atom. The number of hydrogen-bond donors (Lipinski definition) is 5. The van der Waals surface area contributed by atoms with Crippen molar-refractivity contribution in [2.75, 3.05) is 13.1 Å². The molecule has 0 aliphatic carbocycles. The molecule has 2 unspecified atom stereocenters. The van der Waals surface area contributed by atoms with Crippen molar-refractivity contribution in [3.05, 3.63) is 24.3 Å². The van der Waals surface area contributed by atoms with Gasteiger partial charge in [-0.15, -0.1) is 0 Å². The Morgan fingerprint density at radius 2 is 1.22 bits per heavy atom. The highest BCUT2D eigenvalue weighted by atomic mass is 16.4. The van der Waals surface area contributed by atoms with Crippen LogP contribution < -0.4 is 21.3 Å². The van der Waals surface area contributed by atoms with E-state index in [1.165, 1.54) is 19.1 Å². The Bertz CT molecular complexity index is 712. The number of carboxylic acids is 1. The van der Waals surface area contributed by atoms with Gasteiger partial charge in [-0.2, -0.15) is 0 Å². The van der Waals surface area contributed by atoms with Crippen molar-refractivity contribution in [1.82, 2.24) is 21.3 Å². The van der Waals surface area contributed by atoms with Crippen LogP contribution in [0.5, 0.6) is 0 Å². The molecule has 1 fully saturated rings. The summed E-state index contributed by atoms with van der Waals surface area (Å²) in [7, 11) is 0. The molecule has 0 radical (unpaired) electrons. The standard InChI is InChI=1S/C21H30N4O7/c1-14(26)8-9-17(27)22-12-4-2-6-15-20(31)25-16(21(32)24-15)7-3-5-13-23-18(28)10-11-19(29)30/h8-11,15-16H,2-7,12-13H2,1H3,(H,22,27)(H,23,28)(H,24,32)(H,25,31)(H,29,30)/b9-8+,11-10+. The van der Waals surface area contributed by atoms with Crippen LogP contribution in [0.1, 0.15) is 45.4 Å². The number of hydrogen-bond acceptors (Lipinski definition) is 6. The van der Waals surface area contributed by atoms with Gasteiger partial charge in [0.05, 0.1) is 0 Å². The van der Waals surface area contributed by atoms with Gasteiger partial charge in [-0.1, -0.05) is 0 Å². The summed E-state index contributed by atoms with van der Waals surface area (Å²) in [6, 6.07) is -1.25. The maximum atomic E-state index is 12.2. The molecule has 1 saturated heterocycles. The molecule has 0 spiro atoms. The van der Waals surface area contributed by atoms with E-state index in [4.69, 9.17) is 5.11 Å². The fourth-order valence-corrected chi connectivity index (χ4v) is 2.91. The van der Waals surface area contributed by atoms with Gasteiger partial charge in [-0.3, -0.25) is 24.0 Å². The van der Waals surface area contributed by atoms with E-state index in [1.807, 2.05) is 0 Å². The van der Waals surface area contributed by atoms with E-state index in [2.05, 4.69) is 21.3 Å². The third-order valence-electron chi connectivity index (χ3n) is 4.55. The SMILES string of the molecule is CC(=O)/C=C/C(=O)NCCCCC1NC(=O)C(CCCCNC(=O)/C=C/C(=O)O)NC1=O. The molecule has 0 saturated carbocycles. The number of amides is 4. The molecule has 1 rings (SSSR count). The summed E-state index contributed by atoms with van der Waals surface area (Å²) in [5.74, 6) is -2.80. The number of piperazine rings is 1. The van der Waals surface area contributed by atoms with Gasteiger partial charge in [0.2, 0.25) is 23.6 Å². The molecule has 1 heterocycles. The zero-order chi connectivity index (χ0) is 23.9. The molecule has 4 amide bonds. The van der Waals surface area contributed by atoms with Crippen LogP contribution in [-0.4, -0.2) is 65.7 Å². The average Bonchev–Trinajstić information content (AvgIpc) is 2.73. The summed E-state index contributed by atoms with van der Waals surface area (Å²) >= 11 is 0. The van der Waals surface area contributed by atoms with E-state index in [0.29, 0.717) is 51.6 Å². The van der Waals surface area contributed by atoms with E-state index in [-0.39, 0.29) is 23.5 Å². The zero-order valence-corrected chi connectivity index (χ0v) is 18.0. The monoisotopic (exact) mass is 450 g/mol. The highest BCUT2D eigenvalue weighted by molar-refractivity contribution is 5.97. The second kappa shape index (κ2) is 14.5. The molecule has 176 valence electrons. The summed E-state index contributed by atoms with van der Waals surface area (Å²) in [6.45, 7) is 2.08. The summed E-state index contributed by atoms with van der Waals surface area (Å²) in [4.78, 5) is 68.3. The quantitative estimate of drug-likeness (QED) is 0.172. The maximum Gasteiger partial charge on any atom is 0.328 e. The molecule has 11 nitrogen and oxygen atoms in total. The van der Waals surface area contributed by atoms with Crippen molar-refractivity contribution in [1.29, 1.82) is 0 Å². The minimum atomic E-state index is -1.21. The smallest absolute Gasteiger partial charge is 0.328 e. The summed E-state index contributed by atoms with van der Waals surface area (Å²) in [5.41, 5.74) is 0. The Balaban J connectivity index is 2.20. The van der Waals surface area contributed by atoms with Crippen molar-refractivity contribution >= 4 is 35.4 Å². The second-order valence-corrected chi connectivity index (χ2v) is 7.31. The Morgan fingerprint density at radius 1 is 0.781 bits per heavy atom. The molecule has 32 heavy (non-hydrogen) atoms. The largest absolute Gasteiger partial charge is 0.478 e. The van der Waals surface area contributed by atoms with E-state index in [0.717, 1.165) is 12.2 Å². The normalized spacial score (nSPS) is 18.3. The van der Waals surface area contributed by atoms with Crippen molar-refractivity contribution < 1.29 is 33.9 Å². The average molecular weight is 450 g/mol. The summed E-state index contributed by atoms with van der Waals surface area (Å²) in [6.07, 6.45) is 7.29. The van der Waals surface area contributed by atoms with Crippen LogP contribution in [0.2, 0.25) is 0 Å². The molecule has 11 heteroatoms. The molecule has 0 aromatic rings. The summed E-state index contributed by atoms with van der Waals surface area (Å²) in [5, 5.41) is 19.0. The van der Waals surface area contributed by atoms with Crippen LogP contribution in [0.25, 0.3) is 0 Å². The van der Waals surface area contributed by atoms with Crippen molar-refractivity contribution in [2.24, 2.45) is 0 Å². The lowest BCUT2D eigenvalue weighted by Crippen LogP contribution is -2.61. The molecule has 0 bridgehead atoms. The van der Waals surface area contributed by atoms with Gasteiger partial charge in [-0.25, -0.2) is 4.79 Å². The van der Waals surface area contributed by atoms with Crippen LogP contribution in [-0.2, 0) is 28.8 Å². The van der Waals surface area contributed by atoms with Crippen molar-refractivity contribution in [2.45, 2.75) is 57.5 Å². The van der Waals surface area contributed by atoms with E-state index in [9.17, 15) is 28.8 Å². The maximum absolute atomic E-state index is 12.2. The molecule has 1 aliphatic rings. The number of allylic oxidation sites excluding steroid dienone is 1. The van der Waals surface area contributed by atoms with Crippen LogP contribution in [0.3, 0.4) is 0 Å². The highest BCUT2D eigenvalue weighted by Gasteiger charge is 2.32. The van der Waals surface area contributed by atoms with E-state index in [1.54, 1.807) is 0 Å². The van der Waals surface area contributed by atoms with E-state index < -0.39 is 24.0 Å². The van der Waals surface area contributed by atoms with Crippen LogP contribution in [0, 0.1) is 0 Å². The van der Waals surface area contributed by atoms with Crippen molar-refractivity contribution in [3.63, 3.8) is 0 Å². The van der Waals surface area contributed by atoms with Gasteiger partial charge in [-0.05, 0) is 51.5 Å². The lowest BCUT2D eigenvalue weighted by molar-refractivity contribution is -0.137. The van der Waals surface area contributed by atoms with Crippen LogP contribution in [0.15, 0.2) is 24.3 Å². The Hall–Kier alpha value is -3.50. The first kappa shape index (κ1) is 26.5. The Kier molecular flexibility index (Phi) is 12.0. The molecule has 2 atom stereocenters. The number of unbranched alkanes of at least 4 members (excludes halogenated alkanes) is 2. The predicted molar refractivity (Wildman–Crippen MR) is 114 cm³/mol. The molecule has 1 aliphatic heterocycles. The second-order valence-electron chi connectivity index (χ2n) is 7.31. The highest BCUT2D eigenvalue weighted by Crippen LogP contribution is 2.10. The first-order chi connectivity index (χ1) is 15.2. The molecule has 0 aromatic heterocycles. The van der Waals surface area contributed by atoms with Gasteiger partial charge < -0.3 is 26.4 Å². The minimum absolute atomic E-state index is 0.213. The van der Waals surface area contributed by atoms with Crippen LogP contribution >= 0.6 is 0 Å². The number of rotatable bonds is 14. The Labute approximate surface area is 186 Å². The molecule has 5 N–H and O–H groups in total. The van der Waals surface area contributed by atoms with Gasteiger partial charge in [0.1, 0.15) is 12.1 Å². The molecular formula is C21H30N4O7. The van der Waals surface area contributed by atoms with E-state index >= 15 is 0 Å². The fraction of sp³-hybridized carbons (Fsp3) is 0.524. The number of aliphatic carboxylic acids is 1. The molecular weight excluding hydrogens is 420 g/mol. The van der Waals surface area contributed by atoms with Crippen LogP contribution in [0.4, 0.5) is 0 Å². The summed E-state index contributed by atoms with van der Waals surface area (Å²) < 4.78 is 0. The fourth-order valence-electron chi connectivity index (χ4n) is 2.91. The third-order valence-corrected chi connectivity index (χ3v) is 4.55. The topological polar surface area (TPSA) is 171 Å². The molecule has 0 aromatic carbocycles. The first-order valence-corrected chi connectivity index (χ1v) is 10.4. The first-order valence-electron chi connectivity index (χ1n) is 10.4. The van der Waals surface area contributed by atoms with Gasteiger partial charge in [0, 0.05) is 31.3 Å².